The van der Waals surface area contributed by atoms with Crippen LogP contribution >= 0.6 is 0 Å². The van der Waals surface area contributed by atoms with Crippen molar-refractivity contribution in [2.24, 2.45) is 5.73 Å². The Morgan fingerprint density at radius 1 is 1.38 bits per heavy atom. The lowest BCUT2D eigenvalue weighted by Gasteiger charge is -2.24. The normalized spacial score (nSPS) is 18.1. The Kier molecular flexibility index (Phi) is 4.35. The van der Waals surface area contributed by atoms with Crippen LogP contribution < -0.4 is 15.4 Å². The number of hydrogen-bond donors (Lipinski definition) is 2. The van der Waals surface area contributed by atoms with Crippen molar-refractivity contribution in [3.8, 4) is 5.88 Å². The number of nitrogens with one attached hydrogen (secondary N) is 1. The number of rotatable bonds is 6. The monoisotopic (exact) mass is 287 g/mol. The van der Waals surface area contributed by atoms with E-state index >= 15 is 0 Å². The highest BCUT2D eigenvalue weighted by molar-refractivity contribution is 5.41. The van der Waals surface area contributed by atoms with E-state index < -0.39 is 0 Å². The average Bonchev–Trinajstić information content (AvgIpc) is 3.19. The van der Waals surface area contributed by atoms with Crippen LogP contribution in [0.15, 0.2) is 30.5 Å². The van der Waals surface area contributed by atoms with Gasteiger partial charge >= 0.3 is 0 Å². The number of nitrogens with two attached hydrogens (primary N) is 1. The topological polar surface area (TPSA) is 80.1 Å². The maximum Gasteiger partial charge on any atom is 0.213 e. The zero-order valence-corrected chi connectivity index (χ0v) is 12.0. The molecule has 0 spiro atoms. The van der Waals surface area contributed by atoms with Crippen molar-refractivity contribution in [1.82, 2.24) is 15.2 Å². The van der Waals surface area contributed by atoms with Crippen molar-refractivity contribution in [2.45, 2.75) is 25.3 Å². The highest BCUT2D eigenvalue weighted by atomic mass is 16.5. The fourth-order valence-electron chi connectivity index (χ4n) is 2.73. The lowest BCUT2D eigenvalue weighted by Crippen LogP contribution is -2.23. The summed E-state index contributed by atoms with van der Waals surface area (Å²) in [6.07, 6.45) is 4.88. The van der Waals surface area contributed by atoms with E-state index in [1.807, 2.05) is 18.2 Å². The Balaban J connectivity index is 1.74. The summed E-state index contributed by atoms with van der Waals surface area (Å²) >= 11 is 0. The van der Waals surface area contributed by atoms with E-state index in [0.29, 0.717) is 19.0 Å². The van der Waals surface area contributed by atoms with Crippen molar-refractivity contribution in [3.05, 3.63) is 36.2 Å². The van der Waals surface area contributed by atoms with Crippen LogP contribution in [0.2, 0.25) is 0 Å². The van der Waals surface area contributed by atoms with Crippen molar-refractivity contribution in [2.75, 3.05) is 24.6 Å². The second-order valence-corrected chi connectivity index (χ2v) is 5.18. The molecule has 2 aromatic heterocycles. The van der Waals surface area contributed by atoms with Gasteiger partial charge in [0.1, 0.15) is 5.82 Å². The Morgan fingerprint density at radius 3 is 3.14 bits per heavy atom. The summed E-state index contributed by atoms with van der Waals surface area (Å²) in [5.74, 6) is 1.73. The van der Waals surface area contributed by atoms with Crippen LogP contribution in [0, 0.1) is 0 Å². The summed E-state index contributed by atoms with van der Waals surface area (Å²) in [5, 5.41) is 7.08. The molecule has 0 saturated carbocycles. The van der Waals surface area contributed by atoms with E-state index in [4.69, 9.17) is 10.5 Å². The van der Waals surface area contributed by atoms with Crippen molar-refractivity contribution < 1.29 is 4.74 Å². The van der Waals surface area contributed by atoms with Crippen LogP contribution in [0.1, 0.15) is 31.0 Å². The molecule has 6 heteroatoms. The zero-order valence-electron chi connectivity index (χ0n) is 12.0. The fourth-order valence-corrected chi connectivity index (χ4v) is 2.73. The minimum atomic E-state index is 0.281. The van der Waals surface area contributed by atoms with Crippen LogP contribution in [0.3, 0.4) is 0 Å². The van der Waals surface area contributed by atoms with Gasteiger partial charge in [-0.1, -0.05) is 6.07 Å². The second kappa shape index (κ2) is 6.58. The van der Waals surface area contributed by atoms with Crippen LogP contribution in [0.25, 0.3) is 0 Å². The summed E-state index contributed by atoms with van der Waals surface area (Å²) in [7, 11) is 0. The van der Waals surface area contributed by atoms with Gasteiger partial charge in [0.2, 0.25) is 5.88 Å². The van der Waals surface area contributed by atoms with Crippen LogP contribution in [-0.4, -0.2) is 34.9 Å². The van der Waals surface area contributed by atoms with Gasteiger partial charge in [0.25, 0.3) is 0 Å². The molecule has 3 N–H and O–H groups in total. The van der Waals surface area contributed by atoms with E-state index in [1.165, 1.54) is 0 Å². The SMILES string of the molecule is NCCCOc1cccc([C@H]2CCCN2c2ccn[nH]2)n1. The fraction of sp³-hybridized carbons (Fsp3) is 0.467. The molecule has 0 unspecified atom stereocenters. The van der Waals surface area contributed by atoms with E-state index in [9.17, 15) is 0 Å². The highest BCUT2D eigenvalue weighted by Gasteiger charge is 2.28. The molecule has 3 rings (SSSR count). The number of aromatic nitrogens is 3. The average molecular weight is 287 g/mol. The lowest BCUT2D eigenvalue weighted by molar-refractivity contribution is 0.300. The first-order valence-corrected chi connectivity index (χ1v) is 7.44. The Bertz CT molecular complexity index is 557. The Hall–Kier alpha value is -2.08. The maximum atomic E-state index is 5.64. The van der Waals surface area contributed by atoms with Crippen molar-refractivity contribution in [3.63, 3.8) is 0 Å². The standard InChI is InChI=1S/C15H21N5O/c16-8-3-11-21-15-6-1-4-12(18-15)13-5-2-10-20(13)14-7-9-17-19-14/h1,4,6-7,9,13H,2-3,5,8,10-11,16H2,(H,17,19)/t13-/m1/s1. The molecule has 0 amide bonds. The molecule has 0 radical (unpaired) electrons. The van der Waals surface area contributed by atoms with Crippen LogP contribution in [-0.2, 0) is 0 Å². The minimum absolute atomic E-state index is 0.281. The third-order valence-electron chi connectivity index (χ3n) is 3.73. The van der Waals surface area contributed by atoms with Crippen molar-refractivity contribution in [1.29, 1.82) is 0 Å². The molecule has 1 fully saturated rings. The van der Waals surface area contributed by atoms with Gasteiger partial charge in [-0.3, -0.25) is 5.10 Å². The van der Waals surface area contributed by atoms with Gasteiger partial charge in [0.05, 0.1) is 24.5 Å². The molecule has 112 valence electrons. The molecular formula is C15H21N5O. The molecular weight excluding hydrogens is 266 g/mol. The number of pyridine rings is 1. The van der Waals surface area contributed by atoms with Gasteiger partial charge in [-0.2, -0.15) is 5.10 Å². The number of anilines is 1. The van der Waals surface area contributed by atoms with Gasteiger partial charge in [-0.05, 0) is 31.9 Å². The van der Waals surface area contributed by atoms with Crippen LogP contribution in [0.5, 0.6) is 5.88 Å². The predicted molar refractivity (Wildman–Crippen MR) is 81.3 cm³/mol. The number of nitrogens with zero attached hydrogens (tertiary/aromatic N) is 3. The van der Waals surface area contributed by atoms with Gasteiger partial charge < -0.3 is 15.4 Å². The molecule has 3 heterocycles. The second-order valence-electron chi connectivity index (χ2n) is 5.18. The van der Waals surface area contributed by atoms with E-state index in [0.717, 1.165) is 37.3 Å². The molecule has 6 nitrogen and oxygen atoms in total. The molecule has 1 aliphatic heterocycles. The Morgan fingerprint density at radius 2 is 2.33 bits per heavy atom. The smallest absolute Gasteiger partial charge is 0.213 e. The Labute approximate surface area is 124 Å². The van der Waals surface area contributed by atoms with Gasteiger partial charge in [-0.15, -0.1) is 0 Å². The van der Waals surface area contributed by atoms with Crippen molar-refractivity contribution >= 4 is 5.82 Å². The molecule has 0 aromatic carbocycles. The largest absolute Gasteiger partial charge is 0.478 e. The third-order valence-corrected chi connectivity index (χ3v) is 3.73. The first kappa shape index (κ1) is 13.9. The minimum Gasteiger partial charge on any atom is -0.478 e. The molecule has 1 atom stereocenters. The third kappa shape index (κ3) is 3.16. The van der Waals surface area contributed by atoms with E-state index in [1.54, 1.807) is 6.20 Å². The van der Waals surface area contributed by atoms with Crippen LogP contribution in [0.4, 0.5) is 5.82 Å². The molecule has 1 aliphatic rings. The molecule has 0 aliphatic carbocycles. The summed E-state index contributed by atoms with van der Waals surface area (Å²) in [6.45, 7) is 2.27. The lowest BCUT2D eigenvalue weighted by atomic mass is 10.1. The molecule has 2 aromatic rings. The quantitative estimate of drug-likeness (QED) is 0.793. The first-order chi connectivity index (χ1) is 10.4. The number of H-pyrrole nitrogens is 1. The summed E-state index contributed by atoms with van der Waals surface area (Å²) in [6, 6.07) is 8.25. The number of ether oxygens (including phenoxy) is 1. The van der Waals surface area contributed by atoms with Gasteiger partial charge in [-0.25, -0.2) is 4.98 Å². The number of hydrogen-bond acceptors (Lipinski definition) is 5. The molecule has 0 bridgehead atoms. The van der Waals surface area contributed by atoms with Gasteiger partial charge in [0.15, 0.2) is 0 Å². The molecule has 21 heavy (non-hydrogen) atoms. The summed E-state index contributed by atoms with van der Waals surface area (Å²) < 4.78 is 5.64. The highest BCUT2D eigenvalue weighted by Crippen LogP contribution is 2.34. The molecule has 1 saturated heterocycles. The van der Waals surface area contributed by atoms with Gasteiger partial charge in [0, 0.05) is 18.7 Å². The summed E-state index contributed by atoms with van der Waals surface area (Å²) in [5.41, 5.74) is 6.53. The predicted octanol–water partition coefficient (Wildman–Crippen LogP) is 1.87. The zero-order chi connectivity index (χ0) is 14.5. The summed E-state index contributed by atoms with van der Waals surface area (Å²) in [4.78, 5) is 6.97. The number of aromatic amines is 1. The van der Waals surface area contributed by atoms with E-state index in [2.05, 4.69) is 26.1 Å². The van der Waals surface area contributed by atoms with E-state index in [-0.39, 0.29) is 6.04 Å². The first-order valence-electron chi connectivity index (χ1n) is 7.44. The maximum absolute atomic E-state index is 5.64.